The summed E-state index contributed by atoms with van der Waals surface area (Å²) in [6.07, 6.45) is 9.26. The zero-order chi connectivity index (χ0) is 11.3. The molecule has 2 atom stereocenters. The molecule has 2 aliphatic rings. The van der Waals surface area contributed by atoms with Gasteiger partial charge in [-0.2, -0.15) is 0 Å². The fourth-order valence-corrected chi connectivity index (χ4v) is 3.83. The van der Waals surface area contributed by atoms with E-state index in [4.69, 9.17) is 0 Å². The Morgan fingerprint density at radius 3 is 2.40 bits per heavy atom. The molecule has 15 heavy (non-hydrogen) atoms. The van der Waals surface area contributed by atoms with Gasteiger partial charge in [0.05, 0.1) is 0 Å². The molecule has 0 aromatic heterocycles. The van der Waals surface area contributed by atoms with Crippen molar-refractivity contribution < 1.29 is 4.79 Å². The molecule has 0 unspecified atom stereocenters. The average Bonchev–Trinajstić information content (AvgIpc) is 2.70. The molecule has 0 aromatic rings. The van der Waals surface area contributed by atoms with Gasteiger partial charge in [0.1, 0.15) is 0 Å². The van der Waals surface area contributed by atoms with Crippen LogP contribution in [0.25, 0.3) is 0 Å². The zero-order valence-corrected chi connectivity index (χ0v) is 10.4. The lowest BCUT2D eigenvalue weighted by molar-refractivity contribution is -0.112. The first-order valence-electron chi connectivity index (χ1n) is 6.03. The number of carbonyl (C=O) groups is 1. The summed E-state index contributed by atoms with van der Waals surface area (Å²) in [5, 5.41) is 0. The minimum Gasteiger partial charge on any atom is -0.295 e. The van der Waals surface area contributed by atoms with E-state index in [1.54, 1.807) is 13.0 Å². The monoisotopic (exact) mass is 206 g/mol. The van der Waals surface area contributed by atoms with E-state index in [-0.39, 0.29) is 5.78 Å². The normalized spacial score (nSPS) is 42.7. The first kappa shape index (κ1) is 10.9. The summed E-state index contributed by atoms with van der Waals surface area (Å²) in [5.41, 5.74) is 1.15. The summed E-state index contributed by atoms with van der Waals surface area (Å²) in [6.45, 7) is 8.75. The molecule has 1 heteroatoms. The first-order chi connectivity index (χ1) is 6.83. The Morgan fingerprint density at radius 2 is 1.87 bits per heavy atom. The Hall–Kier alpha value is -0.590. The van der Waals surface area contributed by atoms with Gasteiger partial charge < -0.3 is 0 Å². The van der Waals surface area contributed by atoms with Gasteiger partial charge in [-0.3, -0.25) is 4.79 Å². The maximum absolute atomic E-state index is 11.1. The number of fused-ring (bicyclic) bond motifs is 1. The number of ketones is 1. The minimum atomic E-state index is 0.181. The summed E-state index contributed by atoms with van der Waals surface area (Å²) in [5.74, 6) is 0.181. The molecule has 0 heterocycles. The third-order valence-electron chi connectivity index (χ3n) is 4.96. The predicted octanol–water partition coefficient (Wildman–Crippen LogP) is 3.74. The second-order valence-electron chi connectivity index (χ2n) is 6.39. The van der Waals surface area contributed by atoms with Crippen LogP contribution in [-0.2, 0) is 4.79 Å². The van der Waals surface area contributed by atoms with Gasteiger partial charge in [-0.05, 0) is 48.5 Å². The standard InChI is InChI=1S/C14H22O/c1-11(15)6-9-14-10-13(14,4)8-5-7-12(14,2)3/h6,9H,5,7-8,10H2,1-4H3/b9-6+/t13-,14-/m1/s1. The van der Waals surface area contributed by atoms with Gasteiger partial charge in [-0.1, -0.05) is 33.3 Å². The Bertz CT molecular complexity index is 326. The van der Waals surface area contributed by atoms with Crippen LogP contribution in [0, 0.1) is 16.2 Å². The van der Waals surface area contributed by atoms with Crippen molar-refractivity contribution in [1.29, 1.82) is 0 Å². The molecule has 0 radical (unpaired) electrons. The molecule has 0 bridgehead atoms. The lowest BCUT2D eigenvalue weighted by atomic mass is 9.63. The number of hydrogen-bond acceptors (Lipinski definition) is 1. The summed E-state index contributed by atoms with van der Waals surface area (Å²) < 4.78 is 0. The van der Waals surface area contributed by atoms with E-state index in [1.165, 1.54) is 25.7 Å². The molecule has 0 aliphatic heterocycles. The predicted molar refractivity (Wildman–Crippen MR) is 62.6 cm³/mol. The van der Waals surface area contributed by atoms with E-state index in [2.05, 4.69) is 26.8 Å². The Morgan fingerprint density at radius 1 is 1.20 bits per heavy atom. The topological polar surface area (TPSA) is 17.1 Å². The van der Waals surface area contributed by atoms with Crippen molar-refractivity contribution in [1.82, 2.24) is 0 Å². The van der Waals surface area contributed by atoms with Gasteiger partial charge in [0.2, 0.25) is 0 Å². The Balaban J connectivity index is 2.29. The molecule has 2 saturated carbocycles. The largest absolute Gasteiger partial charge is 0.295 e. The quantitative estimate of drug-likeness (QED) is 0.629. The van der Waals surface area contributed by atoms with Gasteiger partial charge in [0.25, 0.3) is 0 Å². The second kappa shape index (κ2) is 2.96. The van der Waals surface area contributed by atoms with Crippen molar-refractivity contribution in [3.8, 4) is 0 Å². The minimum absolute atomic E-state index is 0.181. The molecular weight excluding hydrogens is 184 g/mol. The Labute approximate surface area is 92.9 Å². The zero-order valence-electron chi connectivity index (χ0n) is 10.4. The summed E-state index contributed by atoms with van der Waals surface area (Å²) in [4.78, 5) is 11.1. The van der Waals surface area contributed by atoms with E-state index in [0.717, 1.165) is 0 Å². The fourth-order valence-electron chi connectivity index (χ4n) is 3.83. The third kappa shape index (κ3) is 1.39. The molecule has 0 spiro atoms. The van der Waals surface area contributed by atoms with E-state index < -0.39 is 0 Å². The first-order valence-corrected chi connectivity index (χ1v) is 6.03. The molecule has 0 aromatic carbocycles. The molecule has 84 valence electrons. The van der Waals surface area contributed by atoms with Gasteiger partial charge in [0, 0.05) is 0 Å². The smallest absolute Gasteiger partial charge is 0.152 e. The summed E-state index contributed by atoms with van der Waals surface area (Å²) in [7, 11) is 0. The molecule has 0 amide bonds. The van der Waals surface area contributed by atoms with Crippen LogP contribution < -0.4 is 0 Å². The van der Waals surface area contributed by atoms with Gasteiger partial charge in [0.15, 0.2) is 5.78 Å². The highest BCUT2D eigenvalue weighted by Gasteiger charge is 2.69. The molecule has 2 rings (SSSR count). The van der Waals surface area contributed by atoms with Gasteiger partial charge in [-0.15, -0.1) is 0 Å². The highest BCUT2D eigenvalue weighted by molar-refractivity contribution is 5.87. The number of carbonyl (C=O) groups excluding carboxylic acids is 1. The van der Waals surface area contributed by atoms with Crippen molar-refractivity contribution in [3.63, 3.8) is 0 Å². The molecule has 1 nitrogen and oxygen atoms in total. The number of allylic oxidation sites excluding steroid dienone is 2. The fraction of sp³-hybridized carbons (Fsp3) is 0.786. The third-order valence-corrected chi connectivity index (χ3v) is 4.96. The van der Waals surface area contributed by atoms with Crippen LogP contribution in [0.5, 0.6) is 0 Å². The lowest BCUT2D eigenvalue weighted by Crippen LogP contribution is -2.32. The van der Waals surface area contributed by atoms with Crippen LogP contribution in [0.3, 0.4) is 0 Å². The van der Waals surface area contributed by atoms with Crippen LogP contribution >= 0.6 is 0 Å². The van der Waals surface area contributed by atoms with E-state index >= 15 is 0 Å². The lowest BCUT2D eigenvalue weighted by Gasteiger charge is -2.41. The maximum atomic E-state index is 11.1. The molecule has 0 saturated heterocycles. The van der Waals surface area contributed by atoms with Crippen molar-refractivity contribution in [3.05, 3.63) is 12.2 Å². The van der Waals surface area contributed by atoms with E-state index in [9.17, 15) is 4.79 Å². The van der Waals surface area contributed by atoms with Crippen molar-refractivity contribution >= 4 is 5.78 Å². The van der Waals surface area contributed by atoms with Crippen LogP contribution in [0.15, 0.2) is 12.2 Å². The second-order valence-corrected chi connectivity index (χ2v) is 6.39. The van der Waals surface area contributed by atoms with Crippen LogP contribution in [0.1, 0.15) is 53.4 Å². The van der Waals surface area contributed by atoms with Crippen molar-refractivity contribution in [2.24, 2.45) is 16.2 Å². The van der Waals surface area contributed by atoms with Gasteiger partial charge >= 0.3 is 0 Å². The Kier molecular flexibility index (Phi) is 2.15. The van der Waals surface area contributed by atoms with Crippen LogP contribution in [0.2, 0.25) is 0 Å². The number of rotatable bonds is 2. The molecule has 0 N–H and O–H groups in total. The number of hydrogen-bond donors (Lipinski definition) is 0. The molecule has 2 fully saturated rings. The summed E-state index contributed by atoms with van der Waals surface area (Å²) >= 11 is 0. The highest BCUT2D eigenvalue weighted by atomic mass is 16.1. The molecule has 2 aliphatic carbocycles. The average molecular weight is 206 g/mol. The van der Waals surface area contributed by atoms with Crippen LogP contribution in [-0.4, -0.2) is 5.78 Å². The van der Waals surface area contributed by atoms with E-state index in [1.807, 2.05) is 0 Å². The highest BCUT2D eigenvalue weighted by Crippen LogP contribution is 2.78. The van der Waals surface area contributed by atoms with Crippen LogP contribution in [0.4, 0.5) is 0 Å². The van der Waals surface area contributed by atoms with Gasteiger partial charge in [-0.25, -0.2) is 0 Å². The SMILES string of the molecule is CC(=O)/C=C/[C@]12C[C@@]1(C)CCCC2(C)C. The maximum Gasteiger partial charge on any atom is 0.152 e. The van der Waals surface area contributed by atoms with Crippen molar-refractivity contribution in [2.75, 3.05) is 0 Å². The summed E-state index contributed by atoms with van der Waals surface area (Å²) in [6, 6.07) is 0. The van der Waals surface area contributed by atoms with E-state index in [0.29, 0.717) is 16.2 Å². The van der Waals surface area contributed by atoms with Crippen molar-refractivity contribution in [2.45, 2.75) is 53.4 Å². The molecular formula is C14H22O.